The third kappa shape index (κ3) is 3.55. The molecule has 0 radical (unpaired) electrons. The Labute approximate surface area is 138 Å². The zero-order valence-electron chi connectivity index (χ0n) is 12.9. The van der Waals surface area contributed by atoms with E-state index < -0.39 is 11.8 Å². The molecule has 0 aliphatic heterocycles. The number of aromatic amines is 1. The molecule has 0 aliphatic rings. The first-order valence-corrected chi connectivity index (χ1v) is 7.57. The molecule has 0 saturated carbocycles. The van der Waals surface area contributed by atoms with Crippen molar-refractivity contribution < 1.29 is 14.7 Å². The number of phenols is 1. The van der Waals surface area contributed by atoms with Crippen LogP contribution < -0.4 is 10.6 Å². The summed E-state index contributed by atoms with van der Waals surface area (Å²) in [6.07, 6.45) is 2.35. The number of hydrogen-bond acceptors (Lipinski definition) is 3. The fraction of sp³-hybridized carbons (Fsp3) is 0.111. The Morgan fingerprint density at radius 3 is 2.58 bits per heavy atom. The van der Waals surface area contributed by atoms with Gasteiger partial charge in [-0.05, 0) is 42.3 Å². The van der Waals surface area contributed by atoms with Gasteiger partial charge in [0.1, 0.15) is 5.75 Å². The summed E-state index contributed by atoms with van der Waals surface area (Å²) in [5.74, 6) is -1.18. The molecule has 4 N–H and O–H groups in total. The smallest absolute Gasteiger partial charge is 0.313 e. The Bertz CT molecular complexity index is 869. The third-order valence-corrected chi connectivity index (χ3v) is 3.68. The van der Waals surface area contributed by atoms with E-state index in [1.54, 1.807) is 42.6 Å². The van der Waals surface area contributed by atoms with Crippen molar-refractivity contribution in [3.05, 3.63) is 60.3 Å². The highest BCUT2D eigenvalue weighted by molar-refractivity contribution is 6.40. The Kier molecular flexibility index (Phi) is 4.47. The van der Waals surface area contributed by atoms with E-state index in [4.69, 9.17) is 0 Å². The van der Waals surface area contributed by atoms with Crippen LogP contribution in [0, 0.1) is 0 Å². The molecule has 6 heteroatoms. The van der Waals surface area contributed by atoms with Gasteiger partial charge in [0.15, 0.2) is 0 Å². The summed E-state index contributed by atoms with van der Waals surface area (Å²) in [5.41, 5.74) is 2.44. The van der Waals surface area contributed by atoms with E-state index in [9.17, 15) is 14.7 Å². The molecular weight excluding hydrogens is 306 g/mol. The molecule has 2 amide bonds. The molecule has 0 saturated heterocycles. The number of phenolic OH excluding ortho intramolecular Hbond substituents is 1. The van der Waals surface area contributed by atoms with Crippen LogP contribution in [0.5, 0.6) is 5.75 Å². The molecule has 0 fully saturated rings. The predicted octanol–water partition coefficient (Wildman–Crippen LogP) is 2.17. The van der Waals surface area contributed by atoms with Gasteiger partial charge in [-0.25, -0.2) is 0 Å². The van der Waals surface area contributed by atoms with Crippen molar-refractivity contribution in [2.24, 2.45) is 0 Å². The number of aromatic hydroxyl groups is 1. The number of carbonyl (C=O) groups is 2. The zero-order chi connectivity index (χ0) is 16.9. The Balaban J connectivity index is 1.54. The fourth-order valence-electron chi connectivity index (χ4n) is 2.44. The summed E-state index contributed by atoms with van der Waals surface area (Å²) in [6, 6.07) is 14.0. The molecule has 1 heterocycles. The summed E-state index contributed by atoms with van der Waals surface area (Å²) < 4.78 is 0. The molecular formula is C18H17N3O3. The van der Waals surface area contributed by atoms with Crippen molar-refractivity contribution in [2.45, 2.75) is 6.42 Å². The molecule has 3 rings (SSSR count). The highest BCUT2D eigenvalue weighted by Crippen LogP contribution is 2.21. The minimum atomic E-state index is -0.700. The molecule has 3 aromatic rings. The number of anilines is 1. The van der Waals surface area contributed by atoms with Crippen LogP contribution >= 0.6 is 0 Å². The maximum atomic E-state index is 12.0. The van der Waals surface area contributed by atoms with E-state index in [-0.39, 0.29) is 5.75 Å². The first-order valence-electron chi connectivity index (χ1n) is 7.57. The van der Waals surface area contributed by atoms with Crippen LogP contribution in [-0.2, 0) is 16.0 Å². The van der Waals surface area contributed by atoms with Crippen molar-refractivity contribution in [2.75, 3.05) is 11.9 Å². The van der Waals surface area contributed by atoms with E-state index in [1.807, 2.05) is 12.1 Å². The molecule has 1 aromatic heterocycles. The van der Waals surface area contributed by atoms with Gasteiger partial charge in [0.05, 0.1) is 5.69 Å². The highest BCUT2D eigenvalue weighted by Gasteiger charge is 2.14. The molecule has 122 valence electrons. The van der Waals surface area contributed by atoms with E-state index in [0.717, 1.165) is 16.5 Å². The number of benzene rings is 2. The molecule has 0 aliphatic carbocycles. The lowest BCUT2D eigenvalue weighted by molar-refractivity contribution is -0.136. The minimum Gasteiger partial charge on any atom is -0.508 e. The van der Waals surface area contributed by atoms with Gasteiger partial charge in [-0.15, -0.1) is 0 Å². The largest absolute Gasteiger partial charge is 0.508 e. The maximum absolute atomic E-state index is 12.0. The van der Waals surface area contributed by atoms with Gasteiger partial charge < -0.3 is 20.7 Å². The summed E-state index contributed by atoms with van der Waals surface area (Å²) in [5, 5.41) is 15.3. The normalized spacial score (nSPS) is 10.5. The molecule has 0 atom stereocenters. The van der Waals surface area contributed by atoms with Crippen LogP contribution in [0.15, 0.2) is 54.7 Å². The first kappa shape index (κ1) is 15.6. The number of nitrogens with one attached hydrogen (secondary N) is 3. The Morgan fingerprint density at radius 1 is 1.00 bits per heavy atom. The standard InChI is InChI=1S/C18H17N3O3/c22-13-6-4-12(5-7-13)8-10-20-17(23)18(24)21-16-3-1-2-15-14(16)9-11-19-15/h1-7,9,11,19,22H,8,10H2,(H,20,23)(H,21,24). The molecule has 24 heavy (non-hydrogen) atoms. The van der Waals surface area contributed by atoms with Gasteiger partial charge in [0.25, 0.3) is 0 Å². The number of aromatic nitrogens is 1. The van der Waals surface area contributed by atoms with Crippen LogP contribution in [0.3, 0.4) is 0 Å². The van der Waals surface area contributed by atoms with E-state index in [1.165, 1.54) is 0 Å². The van der Waals surface area contributed by atoms with Crippen molar-refractivity contribution in [3.8, 4) is 5.75 Å². The van der Waals surface area contributed by atoms with Crippen molar-refractivity contribution in [3.63, 3.8) is 0 Å². The lowest BCUT2D eigenvalue weighted by atomic mass is 10.1. The first-order chi connectivity index (χ1) is 11.6. The number of amides is 2. The highest BCUT2D eigenvalue weighted by atomic mass is 16.3. The Hall–Kier alpha value is -3.28. The molecule has 0 spiro atoms. The second-order valence-corrected chi connectivity index (χ2v) is 5.37. The molecule has 0 bridgehead atoms. The second kappa shape index (κ2) is 6.87. The van der Waals surface area contributed by atoms with Gasteiger partial charge in [0.2, 0.25) is 0 Å². The Morgan fingerprint density at radius 2 is 1.79 bits per heavy atom. The number of fused-ring (bicyclic) bond motifs is 1. The van der Waals surface area contributed by atoms with Gasteiger partial charge in [-0.3, -0.25) is 9.59 Å². The van der Waals surface area contributed by atoms with Crippen molar-refractivity contribution in [1.29, 1.82) is 0 Å². The quantitative estimate of drug-likeness (QED) is 0.554. The fourth-order valence-corrected chi connectivity index (χ4v) is 2.44. The SMILES string of the molecule is O=C(NCCc1ccc(O)cc1)C(=O)Nc1cccc2[nH]ccc12. The van der Waals surface area contributed by atoms with Crippen LogP contribution in [-0.4, -0.2) is 28.4 Å². The van der Waals surface area contributed by atoms with Crippen molar-refractivity contribution in [1.82, 2.24) is 10.3 Å². The average molecular weight is 323 g/mol. The van der Waals surface area contributed by atoms with Gasteiger partial charge >= 0.3 is 11.8 Å². The summed E-state index contributed by atoms with van der Waals surface area (Å²) in [6.45, 7) is 0.339. The van der Waals surface area contributed by atoms with Gasteiger partial charge in [-0.2, -0.15) is 0 Å². The maximum Gasteiger partial charge on any atom is 0.313 e. The second-order valence-electron chi connectivity index (χ2n) is 5.37. The molecule has 2 aromatic carbocycles. The van der Waals surface area contributed by atoms with Crippen LogP contribution in [0.1, 0.15) is 5.56 Å². The lowest BCUT2D eigenvalue weighted by Crippen LogP contribution is -2.36. The molecule has 6 nitrogen and oxygen atoms in total. The van der Waals surface area contributed by atoms with Crippen LogP contribution in [0.25, 0.3) is 10.9 Å². The monoisotopic (exact) mass is 323 g/mol. The average Bonchev–Trinajstić information content (AvgIpc) is 3.06. The third-order valence-electron chi connectivity index (χ3n) is 3.68. The van der Waals surface area contributed by atoms with E-state index in [0.29, 0.717) is 18.7 Å². The van der Waals surface area contributed by atoms with Crippen molar-refractivity contribution >= 4 is 28.4 Å². The summed E-state index contributed by atoms with van der Waals surface area (Å²) in [4.78, 5) is 26.9. The number of H-pyrrole nitrogens is 1. The van der Waals surface area contributed by atoms with Gasteiger partial charge in [0, 0.05) is 23.6 Å². The lowest BCUT2D eigenvalue weighted by Gasteiger charge is -2.08. The van der Waals surface area contributed by atoms with E-state index in [2.05, 4.69) is 15.6 Å². The molecule has 0 unspecified atom stereocenters. The summed E-state index contributed by atoms with van der Waals surface area (Å²) >= 11 is 0. The van der Waals surface area contributed by atoms with Gasteiger partial charge in [-0.1, -0.05) is 18.2 Å². The predicted molar refractivity (Wildman–Crippen MR) is 91.7 cm³/mol. The topological polar surface area (TPSA) is 94.2 Å². The number of hydrogen-bond donors (Lipinski definition) is 4. The van der Waals surface area contributed by atoms with Crippen LogP contribution in [0.2, 0.25) is 0 Å². The van der Waals surface area contributed by atoms with Crippen LogP contribution in [0.4, 0.5) is 5.69 Å². The number of rotatable bonds is 4. The zero-order valence-corrected chi connectivity index (χ0v) is 12.9. The summed E-state index contributed by atoms with van der Waals surface area (Å²) in [7, 11) is 0. The number of carbonyl (C=O) groups excluding carboxylic acids is 2. The minimum absolute atomic E-state index is 0.195. The van der Waals surface area contributed by atoms with E-state index >= 15 is 0 Å².